The minimum Gasteiger partial charge on any atom is -0.493 e. The Morgan fingerprint density at radius 1 is 1.30 bits per heavy atom. The van der Waals surface area contributed by atoms with E-state index in [0.29, 0.717) is 17.5 Å². The van der Waals surface area contributed by atoms with Gasteiger partial charge in [0, 0.05) is 13.1 Å². The molecule has 1 aromatic rings. The van der Waals surface area contributed by atoms with E-state index in [4.69, 9.17) is 9.47 Å². The van der Waals surface area contributed by atoms with Gasteiger partial charge >= 0.3 is 0 Å². The smallest absolute Gasteiger partial charge is 0.260 e. The topological polar surface area (TPSA) is 59.0 Å². The molecular formula is C18H27NO4. The Kier molecular flexibility index (Phi) is 6.28. The van der Waals surface area contributed by atoms with Crippen molar-refractivity contribution < 1.29 is 19.4 Å². The third kappa shape index (κ3) is 4.61. The van der Waals surface area contributed by atoms with Crippen LogP contribution in [-0.4, -0.2) is 42.7 Å². The van der Waals surface area contributed by atoms with Gasteiger partial charge in [-0.3, -0.25) is 4.79 Å². The minimum atomic E-state index is -0.572. The number of ether oxygens (including phenoxy) is 2. The van der Waals surface area contributed by atoms with Crippen LogP contribution in [0.15, 0.2) is 18.2 Å². The summed E-state index contributed by atoms with van der Waals surface area (Å²) in [7, 11) is 3.40. The predicted molar refractivity (Wildman–Crippen MR) is 88.8 cm³/mol. The number of aliphatic hydroxyl groups is 1. The van der Waals surface area contributed by atoms with Crippen LogP contribution in [0.5, 0.6) is 11.5 Å². The largest absolute Gasteiger partial charge is 0.493 e. The Balaban J connectivity index is 1.95. The Labute approximate surface area is 138 Å². The molecule has 128 valence electrons. The summed E-state index contributed by atoms with van der Waals surface area (Å²) in [5, 5.41) is 9.61. The van der Waals surface area contributed by atoms with E-state index in [1.54, 1.807) is 32.2 Å². The summed E-state index contributed by atoms with van der Waals surface area (Å²) in [4.78, 5) is 14.1. The molecule has 1 saturated carbocycles. The molecule has 0 bridgehead atoms. The van der Waals surface area contributed by atoms with E-state index in [0.717, 1.165) is 18.4 Å². The number of hydrogen-bond donors (Lipinski definition) is 1. The number of aliphatic hydroxyl groups excluding tert-OH is 1. The van der Waals surface area contributed by atoms with Crippen LogP contribution in [0.4, 0.5) is 0 Å². The molecule has 1 amide bonds. The van der Waals surface area contributed by atoms with E-state index in [-0.39, 0.29) is 12.5 Å². The third-order valence-corrected chi connectivity index (χ3v) is 4.54. The van der Waals surface area contributed by atoms with Crippen LogP contribution in [0.3, 0.4) is 0 Å². The van der Waals surface area contributed by atoms with Crippen molar-refractivity contribution in [3.8, 4) is 11.5 Å². The summed E-state index contributed by atoms with van der Waals surface area (Å²) in [6.07, 6.45) is 5.23. The van der Waals surface area contributed by atoms with Crippen LogP contribution in [0.1, 0.15) is 50.7 Å². The summed E-state index contributed by atoms with van der Waals surface area (Å²) in [6.45, 7) is 1.69. The summed E-state index contributed by atoms with van der Waals surface area (Å²) < 4.78 is 10.9. The number of nitrogens with zero attached hydrogens (tertiary/aromatic N) is 1. The molecule has 0 radical (unpaired) electrons. The lowest BCUT2D eigenvalue weighted by Crippen LogP contribution is -2.40. The Morgan fingerprint density at radius 2 is 2.00 bits per heavy atom. The van der Waals surface area contributed by atoms with Crippen molar-refractivity contribution in [3.05, 3.63) is 23.8 Å². The number of hydrogen-bond acceptors (Lipinski definition) is 4. The first-order valence-corrected chi connectivity index (χ1v) is 8.27. The molecule has 1 fully saturated rings. The van der Waals surface area contributed by atoms with Crippen LogP contribution in [0.25, 0.3) is 0 Å². The van der Waals surface area contributed by atoms with Gasteiger partial charge in [-0.05, 0) is 37.5 Å². The van der Waals surface area contributed by atoms with Crippen molar-refractivity contribution in [3.63, 3.8) is 0 Å². The van der Waals surface area contributed by atoms with E-state index in [1.807, 2.05) is 11.9 Å². The average Bonchev–Trinajstić information content (AvgIpc) is 2.59. The normalized spacial score (nSPS) is 16.7. The maximum atomic E-state index is 12.3. The van der Waals surface area contributed by atoms with Crippen molar-refractivity contribution in [2.24, 2.45) is 0 Å². The number of likely N-dealkylation sites (N-methyl/N-ethyl adjacent to an activating group) is 1. The molecule has 0 aromatic heterocycles. The molecule has 5 nitrogen and oxygen atoms in total. The van der Waals surface area contributed by atoms with Crippen molar-refractivity contribution in [2.45, 2.75) is 51.2 Å². The van der Waals surface area contributed by atoms with Gasteiger partial charge in [0.2, 0.25) is 0 Å². The van der Waals surface area contributed by atoms with Gasteiger partial charge in [-0.15, -0.1) is 0 Å². The first-order chi connectivity index (χ1) is 11.0. The van der Waals surface area contributed by atoms with Crippen molar-refractivity contribution in [2.75, 3.05) is 20.8 Å². The van der Waals surface area contributed by atoms with Crippen molar-refractivity contribution in [1.82, 2.24) is 4.90 Å². The predicted octanol–water partition coefficient (Wildman–Crippen LogP) is 2.92. The summed E-state index contributed by atoms with van der Waals surface area (Å²) in [6, 6.07) is 5.57. The van der Waals surface area contributed by atoms with Gasteiger partial charge in [0.15, 0.2) is 18.1 Å². The van der Waals surface area contributed by atoms with Crippen molar-refractivity contribution in [1.29, 1.82) is 0 Å². The monoisotopic (exact) mass is 321 g/mol. The van der Waals surface area contributed by atoms with E-state index in [2.05, 4.69) is 0 Å². The van der Waals surface area contributed by atoms with Crippen LogP contribution in [0.2, 0.25) is 0 Å². The molecule has 1 aliphatic rings. The first-order valence-electron chi connectivity index (χ1n) is 8.27. The second-order valence-electron chi connectivity index (χ2n) is 6.17. The van der Waals surface area contributed by atoms with E-state index in [1.165, 1.54) is 19.3 Å². The highest BCUT2D eigenvalue weighted by atomic mass is 16.5. The molecular weight excluding hydrogens is 294 g/mol. The lowest BCUT2D eigenvalue weighted by molar-refractivity contribution is -0.134. The number of rotatable bonds is 6. The number of methoxy groups -OCH3 is 1. The van der Waals surface area contributed by atoms with Crippen LogP contribution in [0, 0.1) is 0 Å². The fourth-order valence-corrected chi connectivity index (χ4v) is 2.98. The molecule has 0 saturated heterocycles. The Morgan fingerprint density at radius 3 is 2.61 bits per heavy atom. The molecule has 5 heteroatoms. The van der Waals surface area contributed by atoms with Gasteiger partial charge in [-0.2, -0.15) is 0 Å². The molecule has 2 rings (SSSR count). The molecule has 1 aliphatic carbocycles. The number of amides is 1. The Hall–Kier alpha value is -1.75. The fraction of sp³-hybridized carbons (Fsp3) is 0.611. The summed E-state index contributed by atoms with van der Waals surface area (Å²) in [5.41, 5.74) is 0.750. The Bertz CT molecular complexity index is 524. The first kappa shape index (κ1) is 17.6. The highest BCUT2D eigenvalue weighted by Gasteiger charge is 2.22. The van der Waals surface area contributed by atoms with Gasteiger partial charge in [0.1, 0.15) is 0 Å². The second-order valence-corrected chi connectivity index (χ2v) is 6.17. The zero-order chi connectivity index (χ0) is 16.8. The molecule has 0 spiro atoms. The van der Waals surface area contributed by atoms with Gasteiger partial charge < -0.3 is 19.5 Å². The van der Waals surface area contributed by atoms with Gasteiger partial charge in [-0.1, -0.05) is 25.3 Å². The maximum absolute atomic E-state index is 12.3. The van der Waals surface area contributed by atoms with Crippen LogP contribution < -0.4 is 9.47 Å². The van der Waals surface area contributed by atoms with Crippen LogP contribution >= 0.6 is 0 Å². The van der Waals surface area contributed by atoms with Crippen molar-refractivity contribution >= 4 is 5.91 Å². The zero-order valence-corrected chi connectivity index (χ0v) is 14.2. The quantitative estimate of drug-likeness (QED) is 0.875. The third-order valence-electron chi connectivity index (χ3n) is 4.54. The molecule has 1 unspecified atom stereocenters. The average molecular weight is 321 g/mol. The van der Waals surface area contributed by atoms with E-state index < -0.39 is 6.10 Å². The molecule has 0 heterocycles. The highest BCUT2D eigenvalue weighted by molar-refractivity contribution is 5.78. The van der Waals surface area contributed by atoms with Crippen LogP contribution in [-0.2, 0) is 4.79 Å². The molecule has 1 aromatic carbocycles. The number of carbonyl (C=O) groups is 1. The summed E-state index contributed by atoms with van der Waals surface area (Å²) in [5.74, 6) is 1.03. The standard InChI is InChI=1S/C18H27NO4/c1-13(20)14-9-10-16(17(11-14)22-3)23-12-18(21)19(2)15-7-5-4-6-8-15/h9-11,13,15,20H,4-8,12H2,1-3H3. The second kappa shape index (κ2) is 8.20. The van der Waals surface area contributed by atoms with Gasteiger partial charge in [-0.25, -0.2) is 0 Å². The SMILES string of the molecule is COc1cc(C(C)O)ccc1OCC(=O)N(C)C1CCCCC1. The number of carbonyl (C=O) groups excluding carboxylic acids is 1. The van der Waals surface area contributed by atoms with Gasteiger partial charge in [0.25, 0.3) is 5.91 Å². The summed E-state index contributed by atoms with van der Waals surface area (Å²) >= 11 is 0. The molecule has 1 atom stereocenters. The fourth-order valence-electron chi connectivity index (χ4n) is 2.98. The van der Waals surface area contributed by atoms with E-state index in [9.17, 15) is 9.90 Å². The maximum Gasteiger partial charge on any atom is 0.260 e. The van der Waals surface area contributed by atoms with Gasteiger partial charge in [0.05, 0.1) is 13.2 Å². The zero-order valence-electron chi connectivity index (χ0n) is 14.2. The van der Waals surface area contributed by atoms with E-state index >= 15 is 0 Å². The minimum absolute atomic E-state index is 0.00259. The molecule has 0 aliphatic heterocycles. The number of benzene rings is 1. The lowest BCUT2D eigenvalue weighted by atomic mass is 9.94. The lowest BCUT2D eigenvalue weighted by Gasteiger charge is -2.31. The molecule has 23 heavy (non-hydrogen) atoms. The molecule has 1 N–H and O–H groups in total. The highest BCUT2D eigenvalue weighted by Crippen LogP contribution is 2.30.